The zero-order valence-electron chi connectivity index (χ0n) is 12.9. The lowest BCUT2D eigenvalue weighted by Crippen LogP contribution is -2.47. The van der Waals surface area contributed by atoms with Gasteiger partial charge in [-0.1, -0.05) is 0 Å². The number of hydrogen-bond acceptors (Lipinski definition) is 5. The number of rotatable bonds is 6. The number of nitrogens with zero attached hydrogens (tertiary/aromatic N) is 3. The number of aryl methyl sites for hydroxylation is 2. The molecule has 20 heavy (non-hydrogen) atoms. The number of ether oxygens (including phenoxy) is 1. The van der Waals surface area contributed by atoms with Crippen LogP contribution >= 0.6 is 0 Å². The van der Waals surface area contributed by atoms with Crippen LogP contribution in [0.2, 0.25) is 0 Å². The van der Waals surface area contributed by atoms with Crippen molar-refractivity contribution >= 4 is 5.82 Å². The SMILES string of the molecule is COCCNCC1CCCCN1c1nc(C)cnc1C. The topological polar surface area (TPSA) is 50.3 Å². The summed E-state index contributed by atoms with van der Waals surface area (Å²) < 4.78 is 5.08. The summed E-state index contributed by atoms with van der Waals surface area (Å²) in [5.41, 5.74) is 2.02. The highest BCUT2D eigenvalue weighted by Gasteiger charge is 2.24. The molecule has 0 aliphatic carbocycles. The standard InChI is InChI=1S/C15H26N4O/c1-12-10-17-13(2)15(18-12)19-8-5-4-6-14(19)11-16-7-9-20-3/h10,14,16H,4-9,11H2,1-3H3. The number of methoxy groups -OCH3 is 1. The van der Waals surface area contributed by atoms with E-state index in [1.165, 1.54) is 19.3 Å². The van der Waals surface area contributed by atoms with Crippen LogP contribution in [0.15, 0.2) is 6.20 Å². The number of hydrogen-bond donors (Lipinski definition) is 1. The van der Waals surface area contributed by atoms with E-state index in [0.29, 0.717) is 6.04 Å². The van der Waals surface area contributed by atoms with Crippen molar-refractivity contribution in [1.29, 1.82) is 0 Å². The fourth-order valence-electron chi connectivity index (χ4n) is 2.73. The lowest BCUT2D eigenvalue weighted by molar-refractivity contribution is 0.198. The molecule has 1 atom stereocenters. The van der Waals surface area contributed by atoms with Crippen molar-refractivity contribution in [1.82, 2.24) is 15.3 Å². The Labute approximate surface area is 121 Å². The molecule has 1 saturated heterocycles. The van der Waals surface area contributed by atoms with E-state index in [9.17, 15) is 0 Å². The van der Waals surface area contributed by atoms with Gasteiger partial charge in [-0.05, 0) is 33.1 Å². The van der Waals surface area contributed by atoms with Crippen molar-refractivity contribution in [2.24, 2.45) is 0 Å². The quantitative estimate of drug-likeness (QED) is 0.803. The van der Waals surface area contributed by atoms with Crippen molar-refractivity contribution < 1.29 is 4.74 Å². The van der Waals surface area contributed by atoms with Crippen LogP contribution in [0.1, 0.15) is 30.7 Å². The number of anilines is 1. The van der Waals surface area contributed by atoms with Crippen LogP contribution in [0.25, 0.3) is 0 Å². The maximum Gasteiger partial charge on any atom is 0.150 e. The van der Waals surface area contributed by atoms with E-state index in [2.05, 4.69) is 15.2 Å². The molecule has 1 unspecified atom stereocenters. The first-order chi connectivity index (χ1) is 9.72. The Bertz CT molecular complexity index is 424. The minimum atomic E-state index is 0.510. The number of nitrogens with one attached hydrogen (secondary N) is 1. The molecule has 2 heterocycles. The molecule has 112 valence electrons. The van der Waals surface area contributed by atoms with Gasteiger partial charge in [0.05, 0.1) is 18.0 Å². The fourth-order valence-corrected chi connectivity index (χ4v) is 2.73. The first kappa shape index (κ1) is 15.2. The second-order valence-corrected chi connectivity index (χ2v) is 5.46. The Morgan fingerprint density at radius 3 is 3.05 bits per heavy atom. The molecule has 1 aromatic rings. The maximum atomic E-state index is 5.08. The predicted octanol–water partition coefficient (Wildman–Crippen LogP) is 1.69. The minimum Gasteiger partial charge on any atom is -0.383 e. The van der Waals surface area contributed by atoms with Gasteiger partial charge in [-0.3, -0.25) is 4.98 Å². The van der Waals surface area contributed by atoms with Crippen LogP contribution in [0.4, 0.5) is 5.82 Å². The Kier molecular flexibility index (Phi) is 5.73. The summed E-state index contributed by atoms with van der Waals surface area (Å²) in [5, 5.41) is 3.47. The molecule has 0 bridgehead atoms. The van der Waals surface area contributed by atoms with Crippen molar-refractivity contribution in [3.05, 3.63) is 17.6 Å². The molecule has 0 spiro atoms. The van der Waals surface area contributed by atoms with Gasteiger partial charge < -0.3 is 15.0 Å². The zero-order chi connectivity index (χ0) is 14.4. The van der Waals surface area contributed by atoms with Gasteiger partial charge in [0.15, 0.2) is 5.82 Å². The van der Waals surface area contributed by atoms with Crippen LogP contribution in [0.3, 0.4) is 0 Å². The van der Waals surface area contributed by atoms with Gasteiger partial charge in [0.1, 0.15) is 0 Å². The highest BCUT2D eigenvalue weighted by atomic mass is 16.5. The van der Waals surface area contributed by atoms with E-state index >= 15 is 0 Å². The summed E-state index contributed by atoms with van der Waals surface area (Å²) in [6.45, 7) is 7.78. The fraction of sp³-hybridized carbons (Fsp3) is 0.733. The van der Waals surface area contributed by atoms with E-state index in [1.807, 2.05) is 20.0 Å². The number of aromatic nitrogens is 2. The second-order valence-electron chi connectivity index (χ2n) is 5.46. The molecule has 1 aromatic heterocycles. The lowest BCUT2D eigenvalue weighted by Gasteiger charge is -2.37. The molecule has 5 nitrogen and oxygen atoms in total. The first-order valence-corrected chi connectivity index (χ1v) is 7.49. The molecule has 0 saturated carbocycles. The molecule has 0 aromatic carbocycles. The van der Waals surface area contributed by atoms with Crippen LogP contribution in [0.5, 0.6) is 0 Å². The van der Waals surface area contributed by atoms with Crippen LogP contribution in [0, 0.1) is 13.8 Å². The average molecular weight is 278 g/mol. The Balaban J connectivity index is 2.04. The summed E-state index contributed by atoms with van der Waals surface area (Å²) >= 11 is 0. The molecular formula is C15H26N4O. The van der Waals surface area contributed by atoms with Crippen LogP contribution < -0.4 is 10.2 Å². The average Bonchev–Trinajstić information content (AvgIpc) is 2.47. The van der Waals surface area contributed by atoms with E-state index in [0.717, 1.165) is 43.4 Å². The van der Waals surface area contributed by atoms with E-state index in [1.54, 1.807) is 7.11 Å². The molecule has 1 aliphatic heterocycles. The number of piperidine rings is 1. The third-order valence-corrected chi connectivity index (χ3v) is 3.81. The Morgan fingerprint density at radius 2 is 2.25 bits per heavy atom. The summed E-state index contributed by atoms with van der Waals surface area (Å²) in [7, 11) is 1.74. The molecule has 0 radical (unpaired) electrons. The van der Waals surface area contributed by atoms with Gasteiger partial charge in [0, 0.05) is 39.0 Å². The smallest absolute Gasteiger partial charge is 0.150 e. The van der Waals surface area contributed by atoms with E-state index < -0.39 is 0 Å². The highest BCUT2D eigenvalue weighted by molar-refractivity contribution is 5.45. The van der Waals surface area contributed by atoms with Crippen molar-refractivity contribution in [3.8, 4) is 0 Å². The van der Waals surface area contributed by atoms with Crippen molar-refractivity contribution in [2.45, 2.75) is 39.2 Å². The summed E-state index contributed by atoms with van der Waals surface area (Å²) in [5.74, 6) is 1.06. The largest absolute Gasteiger partial charge is 0.383 e. The third-order valence-electron chi connectivity index (χ3n) is 3.81. The normalized spacial score (nSPS) is 19.4. The first-order valence-electron chi connectivity index (χ1n) is 7.49. The van der Waals surface area contributed by atoms with Gasteiger partial charge in [0.25, 0.3) is 0 Å². The van der Waals surface area contributed by atoms with Crippen molar-refractivity contribution in [2.75, 3.05) is 38.3 Å². The lowest BCUT2D eigenvalue weighted by atomic mass is 10.0. The minimum absolute atomic E-state index is 0.510. The molecule has 1 N–H and O–H groups in total. The van der Waals surface area contributed by atoms with Crippen LogP contribution in [-0.4, -0.2) is 49.4 Å². The summed E-state index contributed by atoms with van der Waals surface area (Å²) in [6.07, 6.45) is 5.60. The van der Waals surface area contributed by atoms with Gasteiger partial charge in [-0.15, -0.1) is 0 Å². The van der Waals surface area contributed by atoms with Gasteiger partial charge >= 0.3 is 0 Å². The molecular weight excluding hydrogens is 252 g/mol. The zero-order valence-corrected chi connectivity index (χ0v) is 12.9. The summed E-state index contributed by atoms with van der Waals surface area (Å²) in [6, 6.07) is 0.510. The monoisotopic (exact) mass is 278 g/mol. The molecule has 1 fully saturated rings. The van der Waals surface area contributed by atoms with E-state index in [-0.39, 0.29) is 0 Å². The van der Waals surface area contributed by atoms with Gasteiger partial charge in [0.2, 0.25) is 0 Å². The summed E-state index contributed by atoms with van der Waals surface area (Å²) in [4.78, 5) is 11.6. The second kappa shape index (κ2) is 7.55. The Morgan fingerprint density at radius 1 is 1.40 bits per heavy atom. The van der Waals surface area contributed by atoms with E-state index in [4.69, 9.17) is 9.72 Å². The molecule has 2 rings (SSSR count). The molecule has 1 aliphatic rings. The highest BCUT2D eigenvalue weighted by Crippen LogP contribution is 2.24. The van der Waals surface area contributed by atoms with Crippen molar-refractivity contribution in [3.63, 3.8) is 0 Å². The Hall–Kier alpha value is -1.20. The van der Waals surface area contributed by atoms with Crippen LogP contribution in [-0.2, 0) is 4.74 Å². The van der Waals surface area contributed by atoms with Gasteiger partial charge in [-0.2, -0.15) is 0 Å². The third kappa shape index (κ3) is 3.90. The molecule has 0 amide bonds. The maximum absolute atomic E-state index is 5.08. The van der Waals surface area contributed by atoms with Gasteiger partial charge in [-0.25, -0.2) is 4.98 Å². The molecule has 5 heteroatoms. The predicted molar refractivity (Wildman–Crippen MR) is 81.2 cm³/mol.